The van der Waals surface area contributed by atoms with Gasteiger partial charge in [-0.15, -0.1) is 0 Å². The van der Waals surface area contributed by atoms with E-state index in [1.807, 2.05) is 13.5 Å². The summed E-state index contributed by atoms with van der Waals surface area (Å²) in [5.74, 6) is 0. The average Bonchev–Trinajstić information content (AvgIpc) is 2.36. The van der Waals surface area contributed by atoms with E-state index in [1.165, 1.54) is 6.47 Å². The molecule has 1 N–H and O–H groups in total. The largest absolute Gasteiger partial charge is 0.653 e. The van der Waals surface area contributed by atoms with E-state index in [2.05, 4.69) is 10.1 Å². The molecule has 0 spiro atoms. The fraction of sp³-hybridized carbons (Fsp3) is 0.833. The van der Waals surface area contributed by atoms with Gasteiger partial charge in [-0.2, -0.15) is 6.41 Å². The van der Waals surface area contributed by atoms with Crippen molar-refractivity contribution in [1.29, 1.82) is 0 Å². The van der Waals surface area contributed by atoms with Crippen LogP contribution in [0.2, 0.25) is 0 Å². The minimum Gasteiger partial charge on any atom is -0.653 e. The third-order valence-corrected chi connectivity index (χ3v) is 2.47. The van der Waals surface area contributed by atoms with Crippen molar-refractivity contribution in [2.75, 3.05) is 33.3 Å². The number of unbranched alkanes of at least 4 members (excludes halogenated alkanes) is 3. The van der Waals surface area contributed by atoms with Gasteiger partial charge in [0, 0.05) is 72.0 Å². The molecule has 0 fully saturated rings. The number of carbonyl (C=O) groups excluding carboxylic acids is 2. The van der Waals surface area contributed by atoms with Crippen LogP contribution in [0, 0.1) is 0 Å². The molecule has 2 radical (unpaired) electrons. The minimum atomic E-state index is 0. The first kappa shape index (κ1) is 25.1. The Labute approximate surface area is 166 Å². The van der Waals surface area contributed by atoms with Gasteiger partial charge in [0.05, 0.1) is 0 Å². The average molecular weight is 420 g/mol. The van der Waals surface area contributed by atoms with Crippen LogP contribution in [0.15, 0.2) is 0 Å². The number of nitrogens with one attached hydrogen (secondary N) is 1. The zero-order valence-corrected chi connectivity index (χ0v) is 17.4. The van der Waals surface area contributed by atoms with Crippen molar-refractivity contribution < 1.29 is 79.7 Å². The molecular weight excluding hydrogens is 398 g/mol. The topological polar surface area (TPSA) is 58.6 Å². The summed E-state index contributed by atoms with van der Waals surface area (Å²) in [5.41, 5.74) is 0. The van der Waals surface area contributed by atoms with E-state index in [4.69, 9.17) is 0 Å². The molecule has 0 aromatic rings. The Morgan fingerprint density at radius 1 is 1.00 bits per heavy atom. The molecular formula is C12H22N2O3Y2-2. The van der Waals surface area contributed by atoms with Crippen molar-refractivity contribution >= 4 is 12.9 Å². The van der Waals surface area contributed by atoms with Gasteiger partial charge in [-0.1, -0.05) is 12.9 Å². The van der Waals surface area contributed by atoms with Gasteiger partial charge in [0.25, 0.3) is 0 Å². The van der Waals surface area contributed by atoms with Crippen LogP contribution in [0.1, 0.15) is 32.1 Å². The number of amides is 1. The molecule has 0 aromatic carbocycles. The molecule has 0 saturated carbocycles. The first-order chi connectivity index (χ1) is 8.35. The van der Waals surface area contributed by atoms with Crippen molar-refractivity contribution in [3.8, 4) is 0 Å². The molecule has 0 aliphatic heterocycles. The maximum atomic E-state index is 10.6. The number of rotatable bonds is 13. The predicted molar refractivity (Wildman–Crippen MR) is 65.9 cm³/mol. The zero-order valence-electron chi connectivity index (χ0n) is 11.7. The monoisotopic (exact) mass is 420 g/mol. The summed E-state index contributed by atoms with van der Waals surface area (Å²) < 4.78 is 4.44. The van der Waals surface area contributed by atoms with Crippen LogP contribution in [0.3, 0.4) is 0 Å². The van der Waals surface area contributed by atoms with Gasteiger partial charge in [-0.25, -0.2) is 0 Å². The van der Waals surface area contributed by atoms with E-state index in [0.29, 0.717) is 13.2 Å². The van der Waals surface area contributed by atoms with E-state index in [-0.39, 0.29) is 65.4 Å². The van der Waals surface area contributed by atoms with Crippen LogP contribution in [-0.4, -0.2) is 51.1 Å². The molecule has 0 heterocycles. The van der Waals surface area contributed by atoms with Crippen molar-refractivity contribution in [3.05, 3.63) is 0 Å². The van der Waals surface area contributed by atoms with Gasteiger partial charge in [-0.3, -0.25) is 0 Å². The Kier molecular flexibility index (Phi) is 28.3. The fourth-order valence-electron chi connectivity index (χ4n) is 1.50. The van der Waals surface area contributed by atoms with E-state index < -0.39 is 0 Å². The second-order valence-electron chi connectivity index (χ2n) is 3.88. The Morgan fingerprint density at radius 3 is 2.16 bits per heavy atom. The molecule has 0 bridgehead atoms. The van der Waals surface area contributed by atoms with E-state index in [1.54, 1.807) is 4.90 Å². The van der Waals surface area contributed by atoms with Crippen LogP contribution in [0.25, 0.3) is 0 Å². The van der Waals surface area contributed by atoms with Crippen molar-refractivity contribution in [1.82, 2.24) is 10.2 Å². The molecule has 19 heavy (non-hydrogen) atoms. The van der Waals surface area contributed by atoms with Gasteiger partial charge in [0.2, 0.25) is 0 Å². The number of hydrogen-bond donors (Lipinski definition) is 1. The maximum Gasteiger partial charge on any atom is 0.0481 e. The SMILES string of the molecule is CNCCCCCN([C-]=O)CCCCO[C-]=O.[Y].[Y]. The molecule has 5 nitrogen and oxygen atoms in total. The van der Waals surface area contributed by atoms with Crippen LogP contribution >= 0.6 is 0 Å². The third kappa shape index (κ3) is 19.1. The van der Waals surface area contributed by atoms with Gasteiger partial charge < -0.3 is 24.5 Å². The summed E-state index contributed by atoms with van der Waals surface area (Å²) in [5, 5.41) is 3.09. The summed E-state index contributed by atoms with van der Waals surface area (Å²) in [6.45, 7) is 4.20. The summed E-state index contributed by atoms with van der Waals surface area (Å²) in [7, 11) is 1.93. The Balaban J connectivity index is -0.00000128. The number of nitrogens with zero attached hydrogens (tertiary/aromatic N) is 1. The van der Waals surface area contributed by atoms with E-state index >= 15 is 0 Å². The Bertz CT molecular complexity index is 198. The van der Waals surface area contributed by atoms with Crippen LogP contribution in [-0.2, 0) is 79.7 Å². The van der Waals surface area contributed by atoms with Crippen molar-refractivity contribution in [2.24, 2.45) is 0 Å². The van der Waals surface area contributed by atoms with Crippen LogP contribution in [0.5, 0.6) is 0 Å². The minimum absolute atomic E-state index is 0. The maximum absolute atomic E-state index is 10.6. The zero-order chi connectivity index (χ0) is 12.8. The summed E-state index contributed by atoms with van der Waals surface area (Å²) in [6, 6.07) is 0. The smallest absolute Gasteiger partial charge is 0.0481 e. The Morgan fingerprint density at radius 2 is 1.63 bits per heavy atom. The van der Waals surface area contributed by atoms with Crippen LogP contribution in [0.4, 0.5) is 0 Å². The first-order valence-electron chi connectivity index (χ1n) is 6.11. The summed E-state index contributed by atoms with van der Waals surface area (Å²) in [4.78, 5) is 22.1. The first-order valence-corrected chi connectivity index (χ1v) is 6.11. The Hall–Kier alpha value is 1.11. The predicted octanol–water partition coefficient (Wildman–Crippen LogP) is 0.604. The standard InChI is InChI=1S/C12H22N2O3.2Y/c1-13-7-3-2-4-8-14(11-15)9-5-6-10-17-12-16;;/h13H,2-10H2,1H3;;/q-2;;. The van der Waals surface area contributed by atoms with Crippen LogP contribution < -0.4 is 5.32 Å². The second-order valence-corrected chi connectivity index (χ2v) is 3.88. The molecule has 0 unspecified atom stereocenters. The van der Waals surface area contributed by atoms with E-state index in [9.17, 15) is 9.59 Å². The quantitative estimate of drug-likeness (QED) is 0.270. The van der Waals surface area contributed by atoms with Crippen molar-refractivity contribution in [2.45, 2.75) is 32.1 Å². The van der Waals surface area contributed by atoms with Gasteiger partial charge in [-0.05, 0) is 52.4 Å². The molecule has 106 valence electrons. The van der Waals surface area contributed by atoms with Gasteiger partial charge in [0.15, 0.2) is 0 Å². The number of hydrogen-bond acceptors (Lipinski definition) is 4. The molecule has 7 heteroatoms. The molecule has 1 amide bonds. The second kappa shape index (κ2) is 21.4. The molecule has 0 atom stereocenters. The molecule has 0 aliphatic rings. The van der Waals surface area contributed by atoms with Gasteiger partial charge in [0.1, 0.15) is 0 Å². The molecule has 0 aromatic heterocycles. The number of ether oxygens (including phenoxy) is 1. The molecule has 0 aliphatic carbocycles. The molecule has 0 rings (SSSR count). The summed E-state index contributed by atoms with van der Waals surface area (Å²) >= 11 is 0. The fourth-order valence-corrected chi connectivity index (χ4v) is 1.50. The molecule has 0 saturated heterocycles. The normalized spacial score (nSPS) is 8.89. The van der Waals surface area contributed by atoms with Gasteiger partial charge >= 0.3 is 0 Å². The van der Waals surface area contributed by atoms with Crippen molar-refractivity contribution in [3.63, 3.8) is 0 Å². The van der Waals surface area contributed by atoms with E-state index in [0.717, 1.165) is 45.2 Å². The third-order valence-electron chi connectivity index (χ3n) is 2.47. The summed E-state index contributed by atoms with van der Waals surface area (Å²) in [6.07, 6.45) is 6.77.